The standard InChI is InChI=1S/C14H29FN2O4.2C2H6/c1-12(18)17-11-13(15)14(2,3)21-10-9-20-8-7-19-6-5-16-4;2*1-2/h13,16H,5-11H2,1-4H3,(H,17,18);2*1-2H3. The van der Waals surface area contributed by atoms with Crippen LogP contribution < -0.4 is 10.6 Å². The van der Waals surface area contributed by atoms with E-state index in [4.69, 9.17) is 14.2 Å². The Morgan fingerprint density at radius 3 is 1.96 bits per heavy atom. The van der Waals surface area contributed by atoms with E-state index in [1.807, 2.05) is 34.7 Å². The van der Waals surface area contributed by atoms with Gasteiger partial charge in [-0.3, -0.25) is 4.79 Å². The molecular weight excluding hydrogens is 327 g/mol. The molecule has 1 atom stereocenters. The molecule has 0 rings (SSSR count). The lowest BCUT2D eigenvalue weighted by molar-refractivity contribution is -0.120. The Morgan fingerprint density at radius 2 is 1.48 bits per heavy atom. The van der Waals surface area contributed by atoms with Gasteiger partial charge in [0.05, 0.1) is 45.2 Å². The third-order valence-electron chi connectivity index (χ3n) is 2.85. The number of hydrogen-bond acceptors (Lipinski definition) is 5. The molecule has 0 saturated heterocycles. The molecule has 1 unspecified atom stereocenters. The summed E-state index contributed by atoms with van der Waals surface area (Å²) in [5.41, 5.74) is -0.963. The van der Waals surface area contributed by atoms with E-state index in [-0.39, 0.29) is 12.5 Å². The molecule has 0 aliphatic rings. The zero-order valence-electron chi connectivity index (χ0n) is 17.5. The summed E-state index contributed by atoms with van der Waals surface area (Å²) in [5.74, 6) is -0.255. The van der Waals surface area contributed by atoms with E-state index in [0.717, 1.165) is 6.54 Å². The molecule has 0 aromatic carbocycles. The van der Waals surface area contributed by atoms with Crippen molar-refractivity contribution < 1.29 is 23.4 Å². The summed E-state index contributed by atoms with van der Waals surface area (Å²) in [5, 5.41) is 5.42. The lowest BCUT2D eigenvalue weighted by Gasteiger charge is -2.29. The van der Waals surface area contributed by atoms with Crippen molar-refractivity contribution in [1.29, 1.82) is 0 Å². The molecule has 0 heterocycles. The molecule has 7 heteroatoms. The number of ether oxygens (including phenoxy) is 3. The van der Waals surface area contributed by atoms with Crippen molar-refractivity contribution in [3.8, 4) is 0 Å². The molecule has 25 heavy (non-hydrogen) atoms. The Bertz CT molecular complexity index is 280. The largest absolute Gasteiger partial charge is 0.378 e. The minimum Gasteiger partial charge on any atom is -0.378 e. The molecule has 2 N–H and O–H groups in total. The average molecular weight is 369 g/mol. The molecule has 1 amide bonds. The van der Waals surface area contributed by atoms with Crippen molar-refractivity contribution in [2.24, 2.45) is 0 Å². The van der Waals surface area contributed by atoms with Gasteiger partial charge in [0.2, 0.25) is 5.91 Å². The number of rotatable bonds is 13. The number of nitrogens with one attached hydrogen (secondary N) is 2. The lowest BCUT2D eigenvalue weighted by atomic mass is 10.0. The molecular formula is C18H41FN2O4. The van der Waals surface area contributed by atoms with E-state index in [9.17, 15) is 9.18 Å². The Morgan fingerprint density at radius 1 is 1.00 bits per heavy atom. The van der Waals surface area contributed by atoms with E-state index >= 15 is 0 Å². The maximum atomic E-state index is 13.9. The van der Waals surface area contributed by atoms with Crippen LogP contribution in [0.3, 0.4) is 0 Å². The van der Waals surface area contributed by atoms with Crippen molar-refractivity contribution in [3.63, 3.8) is 0 Å². The highest BCUT2D eigenvalue weighted by Crippen LogP contribution is 2.17. The highest BCUT2D eigenvalue weighted by molar-refractivity contribution is 5.72. The molecule has 154 valence electrons. The average Bonchev–Trinajstić information content (AvgIpc) is 2.61. The molecule has 0 aromatic rings. The summed E-state index contributed by atoms with van der Waals surface area (Å²) < 4.78 is 30.0. The first-order valence-corrected chi connectivity index (χ1v) is 9.22. The molecule has 0 spiro atoms. The summed E-state index contributed by atoms with van der Waals surface area (Å²) in [6.07, 6.45) is -1.27. The van der Waals surface area contributed by atoms with Gasteiger partial charge in [0, 0.05) is 13.5 Å². The molecule has 6 nitrogen and oxygen atoms in total. The van der Waals surface area contributed by atoms with Gasteiger partial charge in [0.15, 0.2) is 0 Å². The second-order valence-corrected chi connectivity index (χ2v) is 5.18. The zero-order chi connectivity index (χ0) is 20.1. The van der Waals surface area contributed by atoms with Crippen molar-refractivity contribution in [2.75, 3.05) is 53.2 Å². The lowest BCUT2D eigenvalue weighted by Crippen LogP contribution is -2.44. The summed E-state index contributed by atoms with van der Waals surface area (Å²) in [6.45, 7) is 15.8. The van der Waals surface area contributed by atoms with Crippen LogP contribution in [0.1, 0.15) is 48.5 Å². The van der Waals surface area contributed by atoms with Crippen LogP contribution in [0, 0.1) is 0 Å². The quantitative estimate of drug-likeness (QED) is 0.489. The minimum absolute atomic E-state index is 0.0531. The van der Waals surface area contributed by atoms with Crippen LogP contribution in [0.2, 0.25) is 0 Å². The maximum Gasteiger partial charge on any atom is 0.216 e. The normalized spacial score (nSPS) is 11.6. The molecule has 0 radical (unpaired) electrons. The number of carbonyl (C=O) groups is 1. The topological polar surface area (TPSA) is 68.8 Å². The summed E-state index contributed by atoms with van der Waals surface area (Å²) in [4.78, 5) is 10.7. The van der Waals surface area contributed by atoms with Gasteiger partial charge in [-0.05, 0) is 20.9 Å². The van der Waals surface area contributed by atoms with E-state index in [2.05, 4.69) is 10.6 Å². The third kappa shape index (κ3) is 21.2. The number of alkyl halides is 1. The number of hydrogen-bond donors (Lipinski definition) is 2. The van der Waals surface area contributed by atoms with Crippen LogP contribution in [0.4, 0.5) is 4.39 Å². The SMILES string of the molecule is CC.CC.CNCCOCCOCCOC(C)(C)C(F)CNC(C)=O. The zero-order valence-corrected chi connectivity index (χ0v) is 17.5. The Hall–Kier alpha value is -0.760. The first-order valence-electron chi connectivity index (χ1n) is 9.22. The molecule has 0 fully saturated rings. The summed E-state index contributed by atoms with van der Waals surface area (Å²) in [6, 6.07) is 0. The Balaban J connectivity index is -0.00000112. The van der Waals surface area contributed by atoms with Crippen LogP contribution in [-0.2, 0) is 19.0 Å². The first kappa shape index (κ1) is 29.0. The fourth-order valence-electron chi connectivity index (χ4n) is 1.43. The molecule has 0 saturated carbocycles. The van der Waals surface area contributed by atoms with Crippen molar-refractivity contribution in [2.45, 2.75) is 60.2 Å². The van der Waals surface area contributed by atoms with Gasteiger partial charge in [0.1, 0.15) is 6.17 Å². The van der Waals surface area contributed by atoms with Gasteiger partial charge in [-0.15, -0.1) is 0 Å². The summed E-state index contributed by atoms with van der Waals surface area (Å²) >= 11 is 0. The molecule has 0 aliphatic carbocycles. The van der Waals surface area contributed by atoms with Crippen molar-refractivity contribution in [1.82, 2.24) is 10.6 Å². The van der Waals surface area contributed by atoms with Crippen LogP contribution in [0.5, 0.6) is 0 Å². The van der Waals surface area contributed by atoms with Crippen LogP contribution in [0.25, 0.3) is 0 Å². The van der Waals surface area contributed by atoms with E-state index in [0.29, 0.717) is 33.0 Å². The van der Waals surface area contributed by atoms with Crippen molar-refractivity contribution in [3.05, 3.63) is 0 Å². The maximum absolute atomic E-state index is 13.9. The van der Waals surface area contributed by atoms with E-state index in [1.54, 1.807) is 13.8 Å². The van der Waals surface area contributed by atoms with Gasteiger partial charge < -0.3 is 24.8 Å². The second kappa shape index (κ2) is 21.3. The Kier molecular flexibility index (Phi) is 24.7. The van der Waals surface area contributed by atoms with Gasteiger partial charge >= 0.3 is 0 Å². The Labute approximate surface area is 154 Å². The molecule has 0 aliphatic heterocycles. The minimum atomic E-state index is -1.27. The fourth-order valence-corrected chi connectivity index (χ4v) is 1.43. The van der Waals surface area contributed by atoms with Crippen LogP contribution >= 0.6 is 0 Å². The highest BCUT2D eigenvalue weighted by Gasteiger charge is 2.30. The first-order chi connectivity index (χ1) is 11.9. The van der Waals surface area contributed by atoms with Gasteiger partial charge in [-0.1, -0.05) is 27.7 Å². The number of likely N-dealkylation sites (N-methyl/N-ethyl adjacent to an activating group) is 1. The van der Waals surface area contributed by atoms with Gasteiger partial charge in [-0.2, -0.15) is 0 Å². The van der Waals surface area contributed by atoms with E-state index in [1.165, 1.54) is 6.92 Å². The monoisotopic (exact) mass is 368 g/mol. The van der Waals surface area contributed by atoms with Crippen LogP contribution in [0.15, 0.2) is 0 Å². The second-order valence-electron chi connectivity index (χ2n) is 5.18. The number of amides is 1. The number of carbonyl (C=O) groups excluding carboxylic acids is 1. The molecule has 0 aromatic heterocycles. The van der Waals surface area contributed by atoms with Gasteiger partial charge in [0.25, 0.3) is 0 Å². The third-order valence-corrected chi connectivity index (χ3v) is 2.85. The predicted molar refractivity (Wildman–Crippen MR) is 102 cm³/mol. The van der Waals surface area contributed by atoms with Crippen molar-refractivity contribution >= 4 is 5.91 Å². The van der Waals surface area contributed by atoms with Crippen LogP contribution in [-0.4, -0.2) is 70.9 Å². The fraction of sp³-hybridized carbons (Fsp3) is 0.944. The smallest absolute Gasteiger partial charge is 0.216 e. The summed E-state index contributed by atoms with van der Waals surface area (Å²) in [7, 11) is 1.86. The molecule has 0 bridgehead atoms. The van der Waals surface area contributed by atoms with Gasteiger partial charge in [-0.25, -0.2) is 4.39 Å². The highest BCUT2D eigenvalue weighted by atomic mass is 19.1. The predicted octanol–water partition coefficient (Wildman–Crippen LogP) is 2.56. The number of halogens is 1. The van der Waals surface area contributed by atoms with E-state index < -0.39 is 11.8 Å².